The minimum Gasteiger partial charge on any atom is -0.508 e. The molecule has 3 aromatic heterocycles. The molecule has 1 saturated carbocycles. The average Bonchev–Trinajstić information content (AvgIpc) is 3.52. The minimum atomic E-state index is -0.538. The van der Waals surface area contributed by atoms with Crippen LogP contribution in [0, 0.1) is 0 Å². The van der Waals surface area contributed by atoms with Crippen molar-refractivity contribution in [2.45, 2.75) is 64.1 Å². The Morgan fingerprint density at radius 2 is 1.83 bits per heavy atom. The number of alkyl carbamates (subject to hydrolysis) is 1. The van der Waals surface area contributed by atoms with Crippen molar-refractivity contribution in [3.63, 3.8) is 0 Å². The Labute approximate surface area is 243 Å². The topological polar surface area (TPSA) is 144 Å². The molecule has 3 heterocycles. The Morgan fingerprint density at radius 3 is 2.49 bits per heavy atom. The normalized spacial score (nSPS) is 17.9. The molecule has 1 aliphatic rings. The number of amides is 1. The first-order valence-electron chi connectivity index (χ1n) is 13.5. The number of nitrogens with zero attached hydrogens (tertiary/aromatic N) is 5. The number of hydrogen-bond acceptors (Lipinski definition) is 7. The van der Waals surface area contributed by atoms with Gasteiger partial charge in [0.05, 0.1) is 39.9 Å². The lowest BCUT2D eigenvalue weighted by atomic mass is 9.91. The summed E-state index contributed by atoms with van der Waals surface area (Å²) in [7, 11) is 1.88. The van der Waals surface area contributed by atoms with Gasteiger partial charge in [0, 0.05) is 48.7 Å². The molecule has 1 aromatic carbocycles. The van der Waals surface area contributed by atoms with Crippen molar-refractivity contribution in [2.24, 2.45) is 17.8 Å². The van der Waals surface area contributed by atoms with E-state index in [1.54, 1.807) is 16.9 Å². The molecular weight excluding hydrogens is 544 g/mol. The number of nitrogens with one attached hydrogen (secondary N) is 2. The molecule has 0 unspecified atom stereocenters. The van der Waals surface area contributed by atoms with Crippen molar-refractivity contribution in [3.05, 3.63) is 59.6 Å². The number of aliphatic imine (C=N–C) groups is 1. The second-order valence-electron chi connectivity index (χ2n) is 11.4. The SMILES string of the molecule is Cn1cc(-c2cc3c(N[C@H]4CC[C@H](NC(=O)OC(C)(C)C)CC4)c(/C(N)=N/c4ccc(O)cc4Cl)cnn3c2)cn1. The number of hydrogen-bond donors (Lipinski definition) is 4. The Bertz CT molecular complexity index is 1600. The van der Waals surface area contributed by atoms with Crippen molar-refractivity contribution in [1.29, 1.82) is 0 Å². The number of anilines is 1. The lowest BCUT2D eigenvalue weighted by Gasteiger charge is -2.31. The summed E-state index contributed by atoms with van der Waals surface area (Å²) in [5.74, 6) is 0.283. The first-order valence-corrected chi connectivity index (χ1v) is 13.9. The van der Waals surface area contributed by atoms with Crippen LogP contribution in [0.2, 0.25) is 5.02 Å². The highest BCUT2D eigenvalue weighted by atomic mass is 35.5. The van der Waals surface area contributed by atoms with Crippen molar-refractivity contribution in [3.8, 4) is 16.9 Å². The smallest absolute Gasteiger partial charge is 0.407 e. The van der Waals surface area contributed by atoms with Crippen LogP contribution in [0.3, 0.4) is 0 Å². The quantitative estimate of drug-likeness (QED) is 0.178. The van der Waals surface area contributed by atoms with E-state index in [0.717, 1.165) is 48.0 Å². The van der Waals surface area contributed by atoms with Gasteiger partial charge in [0.1, 0.15) is 17.2 Å². The summed E-state index contributed by atoms with van der Waals surface area (Å²) in [4.78, 5) is 16.8. The highest BCUT2D eigenvalue weighted by molar-refractivity contribution is 6.33. The van der Waals surface area contributed by atoms with Crippen molar-refractivity contribution in [2.75, 3.05) is 5.32 Å². The van der Waals surface area contributed by atoms with E-state index in [9.17, 15) is 9.90 Å². The number of aromatic nitrogens is 4. The number of fused-ring (bicyclic) bond motifs is 1. The number of benzene rings is 1. The number of carbonyl (C=O) groups is 1. The first kappa shape index (κ1) is 28.3. The Kier molecular flexibility index (Phi) is 7.81. The number of ether oxygens (including phenoxy) is 1. The molecule has 1 fully saturated rings. The molecule has 0 aliphatic heterocycles. The van der Waals surface area contributed by atoms with Gasteiger partial charge >= 0.3 is 6.09 Å². The van der Waals surface area contributed by atoms with Gasteiger partial charge in [0.25, 0.3) is 0 Å². The number of carbonyl (C=O) groups excluding carboxylic acids is 1. The predicted molar refractivity (Wildman–Crippen MR) is 160 cm³/mol. The second kappa shape index (κ2) is 11.3. The zero-order chi connectivity index (χ0) is 29.3. The molecule has 41 heavy (non-hydrogen) atoms. The van der Waals surface area contributed by atoms with Crippen LogP contribution in [-0.4, -0.2) is 54.1 Å². The van der Waals surface area contributed by atoms with Crippen LogP contribution in [0.4, 0.5) is 16.2 Å². The highest BCUT2D eigenvalue weighted by Crippen LogP contribution is 2.33. The summed E-state index contributed by atoms with van der Waals surface area (Å²) in [5, 5.41) is 25.6. The lowest BCUT2D eigenvalue weighted by molar-refractivity contribution is 0.0492. The van der Waals surface area contributed by atoms with Crippen LogP contribution >= 0.6 is 11.6 Å². The van der Waals surface area contributed by atoms with Crippen LogP contribution in [0.1, 0.15) is 52.0 Å². The number of nitrogens with two attached hydrogens (primary N) is 1. The van der Waals surface area contributed by atoms with Crippen LogP contribution in [0.5, 0.6) is 5.75 Å². The van der Waals surface area contributed by atoms with Gasteiger partial charge in [0.15, 0.2) is 0 Å². The molecular formula is C29H35ClN8O3. The minimum absolute atomic E-state index is 0.0471. The molecule has 1 amide bonds. The molecule has 1 aliphatic carbocycles. The van der Waals surface area contributed by atoms with E-state index in [4.69, 9.17) is 22.1 Å². The molecule has 216 valence electrons. The van der Waals surface area contributed by atoms with Crippen molar-refractivity contribution >= 4 is 40.4 Å². The summed E-state index contributed by atoms with van der Waals surface area (Å²) >= 11 is 6.30. The van der Waals surface area contributed by atoms with Gasteiger partial charge in [-0.05, 0) is 64.7 Å². The third-order valence-electron chi connectivity index (χ3n) is 6.92. The maximum atomic E-state index is 12.3. The summed E-state index contributed by atoms with van der Waals surface area (Å²) in [6, 6.07) is 6.78. The Morgan fingerprint density at radius 1 is 1.10 bits per heavy atom. The number of amidine groups is 1. The first-order chi connectivity index (χ1) is 19.4. The standard InChI is InChI=1S/C29H35ClN8O3/c1-29(2,3)41-28(40)35-20-7-5-19(6-8-20)34-26-22(27(31)36-24-10-9-21(39)12-23(24)30)14-33-38-16-17(11-25(26)38)18-13-32-37(4)15-18/h9-16,19-20,34,39H,5-8H2,1-4H3,(H2,31,36)(H,35,40)/t19-,20-. The number of halogens is 1. The summed E-state index contributed by atoms with van der Waals surface area (Å²) in [6.45, 7) is 5.56. The van der Waals surface area contributed by atoms with Gasteiger partial charge in [-0.15, -0.1) is 0 Å². The zero-order valence-corrected chi connectivity index (χ0v) is 24.3. The van der Waals surface area contributed by atoms with Crippen LogP contribution in [0.25, 0.3) is 16.6 Å². The van der Waals surface area contributed by atoms with Gasteiger partial charge in [0.2, 0.25) is 0 Å². The van der Waals surface area contributed by atoms with Crippen LogP contribution in [-0.2, 0) is 11.8 Å². The van der Waals surface area contributed by atoms with E-state index in [-0.39, 0.29) is 34.8 Å². The third-order valence-corrected chi connectivity index (χ3v) is 7.22. The lowest BCUT2D eigenvalue weighted by Crippen LogP contribution is -2.42. The van der Waals surface area contributed by atoms with E-state index in [1.165, 1.54) is 12.1 Å². The summed E-state index contributed by atoms with van der Waals surface area (Å²) < 4.78 is 8.99. The zero-order valence-electron chi connectivity index (χ0n) is 23.6. The fourth-order valence-corrected chi connectivity index (χ4v) is 5.18. The van der Waals surface area contributed by atoms with Gasteiger partial charge in [-0.25, -0.2) is 14.3 Å². The molecule has 0 atom stereocenters. The molecule has 0 bridgehead atoms. The summed E-state index contributed by atoms with van der Waals surface area (Å²) in [6.07, 6.45) is 10.3. The number of phenols is 1. The highest BCUT2D eigenvalue weighted by Gasteiger charge is 2.26. The summed E-state index contributed by atoms with van der Waals surface area (Å²) in [5.41, 5.74) is 10.6. The van der Waals surface area contributed by atoms with Gasteiger partial charge in [-0.2, -0.15) is 10.2 Å². The fourth-order valence-electron chi connectivity index (χ4n) is 4.97. The van der Waals surface area contributed by atoms with Crippen molar-refractivity contribution in [1.82, 2.24) is 24.7 Å². The van der Waals surface area contributed by atoms with Crippen molar-refractivity contribution < 1.29 is 14.6 Å². The molecule has 0 saturated heterocycles. The molecule has 0 radical (unpaired) electrons. The van der Waals surface area contributed by atoms with Gasteiger partial charge < -0.3 is 26.2 Å². The molecule has 5 rings (SSSR count). The predicted octanol–water partition coefficient (Wildman–Crippen LogP) is 5.38. The largest absolute Gasteiger partial charge is 0.508 e. The molecule has 4 aromatic rings. The molecule has 5 N–H and O–H groups in total. The van der Waals surface area contributed by atoms with E-state index in [0.29, 0.717) is 11.3 Å². The van der Waals surface area contributed by atoms with E-state index in [1.807, 2.05) is 57.0 Å². The molecule has 12 heteroatoms. The number of aromatic hydroxyl groups is 1. The third kappa shape index (κ3) is 6.74. The number of rotatable bonds is 6. The number of aryl methyl sites for hydroxylation is 1. The van der Waals surface area contributed by atoms with Gasteiger partial charge in [-0.3, -0.25) is 4.68 Å². The monoisotopic (exact) mass is 578 g/mol. The fraction of sp³-hybridized carbons (Fsp3) is 0.379. The average molecular weight is 579 g/mol. The molecule has 0 spiro atoms. The Balaban J connectivity index is 1.43. The Hall–Kier alpha value is -4.25. The van der Waals surface area contributed by atoms with E-state index in [2.05, 4.69) is 25.8 Å². The van der Waals surface area contributed by atoms with Crippen LogP contribution < -0.4 is 16.4 Å². The van der Waals surface area contributed by atoms with Gasteiger partial charge in [-0.1, -0.05) is 11.6 Å². The van der Waals surface area contributed by atoms with E-state index >= 15 is 0 Å². The maximum Gasteiger partial charge on any atom is 0.407 e. The second-order valence-corrected chi connectivity index (χ2v) is 11.8. The molecule has 11 nitrogen and oxygen atoms in total. The number of phenolic OH excluding ortho intramolecular Hbond substituents is 1. The van der Waals surface area contributed by atoms with Crippen LogP contribution in [0.15, 0.2) is 54.0 Å². The van der Waals surface area contributed by atoms with E-state index < -0.39 is 5.60 Å². The maximum absolute atomic E-state index is 12.3.